The van der Waals surface area contributed by atoms with Gasteiger partial charge in [0.05, 0.1) is 11.2 Å². The number of hydrogen-bond acceptors (Lipinski definition) is 6. The summed E-state index contributed by atoms with van der Waals surface area (Å²) in [4.78, 5) is 37.6. The predicted molar refractivity (Wildman–Crippen MR) is 101 cm³/mol. The highest BCUT2D eigenvalue weighted by atomic mass is 32.2. The van der Waals surface area contributed by atoms with Crippen LogP contribution >= 0.6 is 11.8 Å². The van der Waals surface area contributed by atoms with Gasteiger partial charge in [0.1, 0.15) is 11.5 Å². The second-order valence-corrected chi connectivity index (χ2v) is 6.86. The SMILES string of the molecule is O=C(CCN1C(=O)S/C(=C\c2ccco2)C1=O)NCCc1ccc(O)cc1. The van der Waals surface area contributed by atoms with Crippen LogP contribution in [-0.4, -0.2) is 40.1 Å². The van der Waals surface area contributed by atoms with Crippen LogP contribution in [0.5, 0.6) is 5.75 Å². The van der Waals surface area contributed by atoms with E-state index in [0.29, 0.717) is 18.7 Å². The summed E-state index contributed by atoms with van der Waals surface area (Å²) in [6, 6.07) is 10.1. The van der Waals surface area contributed by atoms with Gasteiger partial charge in [-0.3, -0.25) is 19.3 Å². The third-order valence-electron chi connectivity index (χ3n) is 3.92. The number of aromatic hydroxyl groups is 1. The van der Waals surface area contributed by atoms with Gasteiger partial charge in [0.25, 0.3) is 11.1 Å². The Labute approximate surface area is 160 Å². The molecule has 0 unspecified atom stereocenters. The number of furan rings is 1. The first-order chi connectivity index (χ1) is 13.0. The van der Waals surface area contributed by atoms with Crippen LogP contribution in [0, 0.1) is 0 Å². The number of phenolic OH excluding ortho intramolecular Hbond substituents is 1. The van der Waals surface area contributed by atoms with E-state index >= 15 is 0 Å². The van der Waals surface area contributed by atoms with Gasteiger partial charge in [0, 0.05) is 25.6 Å². The molecule has 1 saturated heterocycles. The summed E-state index contributed by atoms with van der Waals surface area (Å²) >= 11 is 0.834. The van der Waals surface area contributed by atoms with Crippen LogP contribution < -0.4 is 5.32 Å². The summed E-state index contributed by atoms with van der Waals surface area (Å²) in [5.41, 5.74) is 0.988. The second kappa shape index (κ2) is 8.59. The van der Waals surface area contributed by atoms with E-state index in [1.54, 1.807) is 36.4 Å². The van der Waals surface area contributed by atoms with Gasteiger partial charge in [-0.1, -0.05) is 12.1 Å². The molecule has 27 heavy (non-hydrogen) atoms. The Kier molecular flexibility index (Phi) is 5.97. The number of carbonyl (C=O) groups excluding carboxylic acids is 3. The van der Waals surface area contributed by atoms with Crippen molar-refractivity contribution in [2.45, 2.75) is 12.8 Å². The third kappa shape index (κ3) is 5.01. The first-order valence-corrected chi connectivity index (χ1v) is 9.18. The van der Waals surface area contributed by atoms with E-state index in [-0.39, 0.29) is 29.5 Å². The number of hydrogen-bond donors (Lipinski definition) is 2. The third-order valence-corrected chi connectivity index (χ3v) is 4.83. The van der Waals surface area contributed by atoms with Crippen LogP contribution in [0.15, 0.2) is 52.0 Å². The maximum Gasteiger partial charge on any atom is 0.293 e. The van der Waals surface area contributed by atoms with E-state index in [4.69, 9.17) is 4.42 Å². The molecule has 2 aromatic rings. The molecule has 0 radical (unpaired) electrons. The van der Waals surface area contributed by atoms with Crippen molar-refractivity contribution in [2.24, 2.45) is 0 Å². The minimum Gasteiger partial charge on any atom is -0.508 e. The van der Waals surface area contributed by atoms with Gasteiger partial charge in [-0.25, -0.2) is 0 Å². The fraction of sp³-hybridized carbons (Fsp3) is 0.211. The molecule has 1 aromatic heterocycles. The highest BCUT2D eigenvalue weighted by molar-refractivity contribution is 8.18. The molecule has 3 amide bonds. The molecule has 0 saturated carbocycles. The van der Waals surface area contributed by atoms with Crippen molar-refractivity contribution in [1.29, 1.82) is 0 Å². The molecule has 1 aliphatic rings. The summed E-state index contributed by atoms with van der Waals surface area (Å²) < 4.78 is 5.15. The molecule has 7 nitrogen and oxygen atoms in total. The summed E-state index contributed by atoms with van der Waals surface area (Å²) in [5.74, 6) is 0.0367. The summed E-state index contributed by atoms with van der Waals surface area (Å²) in [6.07, 6.45) is 3.67. The molecule has 0 atom stereocenters. The molecular formula is C19H18N2O5S. The van der Waals surface area contributed by atoms with Crippen molar-refractivity contribution in [1.82, 2.24) is 10.2 Å². The largest absolute Gasteiger partial charge is 0.508 e. The topological polar surface area (TPSA) is 99.9 Å². The number of carbonyl (C=O) groups is 3. The van der Waals surface area contributed by atoms with Crippen LogP contribution in [0.4, 0.5) is 4.79 Å². The Balaban J connectivity index is 1.45. The number of rotatable bonds is 7. The lowest BCUT2D eigenvalue weighted by atomic mass is 10.1. The predicted octanol–water partition coefficient (Wildman–Crippen LogP) is 2.77. The molecule has 140 valence electrons. The number of nitrogens with zero attached hydrogens (tertiary/aromatic N) is 1. The van der Waals surface area contributed by atoms with Gasteiger partial charge >= 0.3 is 0 Å². The first kappa shape index (κ1) is 18.8. The highest BCUT2D eigenvalue weighted by Gasteiger charge is 2.35. The lowest BCUT2D eigenvalue weighted by Gasteiger charge is -2.12. The molecule has 0 bridgehead atoms. The summed E-state index contributed by atoms with van der Waals surface area (Å²) in [6.45, 7) is 0.467. The molecule has 1 fully saturated rings. The number of amides is 3. The highest BCUT2D eigenvalue weighted by Crippen LogP contribution is 2.32. The van der Waals surface area contributed by atoms with E-state index in [0.717, 1.165) is 22.2 Å². The number of nitrogens with one attached hydrogen (secondary N) is 1. The number of benzene rings is 1. The standard InChI is InChI=1S/C19H18N2O5S/c22-14-5-3-13(4-6-14)7-9-20-17(23)8-10-21-18(24)16(27-19(21)25)12-15-2-1-11-26-15/h1-6,11-12,22H,7-10H2,(H,20,23)/b16-12-. The van der Waals surface area contributed by atoms with Gasteiger partial charge < -0.3 is 14.8 Å². The second-order valence-electron chi connectivity index (χ2n) is 5.87. The Hall–Kier alpha value is -3.00. The molecule has 3 rings (SSSR count). The van der Waals surface area contributed by atoms with Crippen LogP contribution in [0.1, 0.15) is 17.7 Å². The molecule has 0 aliphatic carbocycles. The Morgan fingerprint density at radius 2 is 2.00 bits per heavy atom. The van der Waals surface area contributed by atoms with Gasteiger partial charge in [0.15, 0.2) is 0 Å². The van der Waals surface area contributed by atoms with E-state index in [1.807, 2.05) is 0 Å². The van der Waals surface area contributed by atoms with Gasteiger partial charge in [-0.15, -0.1) is 0 Å². The normalized spacial score (nSPS) is 15.6. The van der Waals surface area contributed by atoms with Gasteiger partial charge in [-0.05, 0) is 48.0 Å². The number of phenols is 1. The van der Waals surface area contributed by atoms with Crippen molar-refractivity contribution in [3.05, 3.63) is 58.9 Å². The van der Waals surface area contributed by atoms with Crippen LogP contribution in [0.2, 0.25) is 0 Å². The number of thioether (sulfide) groups is 1. The van der Waals surface area contributed by atoms with Crippen molar-refractivity contribution in [2.75, 3.05) is 13.1 Å². The smallest absolute Gasteiger partial charge is 0.293 e. The van der Waals surface area contributed by atoms with Gasteiger partial charge in [0.2, 0.25) is 5.91 Å². The fourth-order valence-corrected chi connectivity index (χ4v) is 3.35. The molecular weight excluding hydrogens is 368 g/mol. The van der Waals surface area contributed by atoms with E-state index in [1.165, 1.54) is 12.3 Å². The fourth-order valence-electron chi connectivity index (χ4n) is 2.51. The molecule has 0 spiro atoms. The zero-order valence-corrected chi connectivity index (χ0v) is 15.2. The number of imide groups is 1. The molecule has 2 heterocycles. The van der Waals surface area contributed by atoms with Crippen molar-refractivity contribution < 1.29 is 23.9 Å². The van der Waals surface area contributed by atoms with Crippen LogP contribution in [0.3, 0.4) is 0 Å². The Morgan fingerprint density at radius 3 is 2.70 bits per heavy atom. The first-order valence-electron chi connectivity index (χ1n) is 8.36. The van der Waals surface area contributed by atoms with Crippen molar-refractivity contribution in [3.63, 3.8) is 0 Å². The molecule has 1 aromatic carbocycles. The van der Waals surface area contributed by atoms with Gasteiger partial charge in [-0.2, -0.15) is 0 Å². The molecule has 1 aliphatic heterocycles. The Morgan fingerprint density at radius 1 is 1.22 bits per heavy atom. The summed E-state index contributed by atoms with van der Waals surface area (Å²) in [5, 5.41) is 11.6. The van der Waals surface area contributed by atoms with Crippen LogP contribution in [0.25, 0.3) is 6.08 Å². The molecule has 2 N–H and O–H groups in total. The zero-order chi connectivity index (χ0) is 19.2. The minimum absolute atomic E-state index is 0.0329. The minimum atomic E-state index is -0.418. The van der Waals surface area contributed by atoms with E-state index in [9.17, 15) is 19.5 Å². The summed E-state index contributed by atoms with van der Waals surface area (Å²) in [7, 11) is 0. The van der Waals surface area contributed by atoms with E-state index in [2.05, 4.69) is 5.32 Å². The lowest BCUT2D eigenvalue weighted by Crippen LogP contribution is -2.34. The zero-order valence-electron chi connectivity index (χ0n) is 14.4. The average molecular weight is 386 g/mol. The quantitative estimate of drug-likeness (QED) is 0.710. The maximum absolute atomic E-state index is 12.3. The van der Waals surface area contributed by atoms with Crippen LogP contribution in [-0.2, 0) is 16.0 Å². The van der Waals surface area contributed by atoms with Crippen molar-refractivity contribution in [3.8, 4) is 5.75 Å². The molecule has 8 heteroatoms. The monoisotopic (exact) mass is 386 g/mol. The average Bonchev–Trinajstić information content (AvgIpc) is 3.24. The Bertz CT molecular complexity index is 859. The maximum atomic E-state index is 12.3. The van der Waals surface area contributed by atoms with Crippen molar-refractivity contribution >= 4 is 34.9 Å². The van der Waals surface area contributed by atoms with E-state index < -0.39 is 11.1 Å². The lowest BCUT2D eigenvalue weighted by molar-refractivity contribution is -0.124.